The van der Waals surface area contributed by atoms with Crippen LogP contribution in [-0.2, 0) is 0 Å². The van der Waals surface area contributed by atoms with Gasteiger partial charge in [0.15, 0.2) is 0 Å². The van der Waals surface area contributed by atoms with Gasteiger partial charge in [0.1, 0.15) is 16.9 Å². The molecule has 0 saturated heterocycles. The highest BCUT2D eigenvalue weighted by molar-refractivity contribution is 6.13. The van der Waals surface area contributed by atoms with Crippen molar-refractivity contribution in [1.29, 1.82) is 0 Å². The van der Waals surface area contributed by atoms with Gasteiger partial charge in [-0.1, -0.05) is 48.5 Å². The van der Waals surface area contributed by atoms with Gasteiger partial charge in [-0.3, -0.25) is 0 Å². The number of pyridine rings is 1. The van der Waals surface area contributed by atoms with Crippen LogP contribution in [0.5, 0.6) is 11.6 Å². The summed E-state index contributed by atoms with van der Waals surface area (Å²) in [6.07, 6.45) is 5.94. The van der Waals surface area contributed by atoms with Crippen LogP contribution in [0.4, 0.5) is 22.7 Å². The van der Waals surface area contributed by atoms with E-state index < -0.39 is 0 Å². The van der Waals surface area contributed by atoms with E-state index in [-0.39, 0.29) is 0 Å². The van der Waals surface area contributed by atoms with Crippen molar-refractivity contribution in [1.82, 2.24) is 9.88 Å². The second-order valence-corrected chi connectivity index (χ2v) is 9.54. The lowest BCUT2D eigenvalue weighted by Gasteiger charge is -2.28. The number of aromatic nitrogens is 1. The van der Waals surface area contributed by atoms with Crippen LogP contribution in [0.3, 0.4) is 0 Å². The van der Waals surface area contributed by atoms with Crippen molar-refractivity contribution >= 4 is 44.7 Å². The minimum absolute atomic E-state index is 0.553. The van der Waals surface area contributed by atoms with Crippen molar-refractivity contribution in [2.45, 2.75) is 0 Å². The number of benzene rings is 4. The van der Waals surface area contributed by atoms with Gasteiger partial charge in [-0.05, 0) is 42.5 Å². The van der Waals surface area contributed by atoms with E-state index in [2.05, 4.69) is 93.7 Å². The Bertz CT molecular complexity index is 1800. The van der Waals surface area contributed by atoms with E-state index >= 15 is 0 Å². The standard InChI is InChI=1S/C33H26N4O2/c1-35-18-19-36(23-35)29-21-26(22-31-33(29)28-14-5-6-15-30(28)39-31)37(24-10-3-2-4-11-24)25-12-9-13-27(20-25)38-32-16-7-8-17-34-32/h2-22H,23H2,1H3. The Morgan fingerprint density at radius 1 is 0.744 bits per heavy atom. The first kappa shape index (κ1) is 22.9. The third-order valence-corrected chi connectivity index (χ3v) is 6.84. The van der Waals surface area contributed by atoms with Crippen LogP contribution < -0.4 is 14.5 Å². The van der Waals surface area contributed by atoms with Gasteiger partial charge >= 0.3 is 0 Å². The molecule has 0 bridgehead atoms. The molecule has 1 aliphatic heterocycles. The molecule has 6 heteroatoms. The molecule has 0 N–H and O–H groups in total. The lowest BCUT2D eigenvalue weighted by Crippen LogP contribution is -2.22. The number of furan rings is 1. The summed E-state index contributed by atoms with van der Waals surface area (Å²) in [7, 11) is 2.08. The van der Waals surface area contributed by atoms with Crippen LogP contribution in [0.2, 0.25) is 0 Å². The molecular weight excluding hydrogens is 484 g/mol. The van der Waals surface area contributed by atoms with Crippen molar-refractivity contribution in [3.8, 4) is 11.6 Å². The Balaban J connectivity index is 1.41. The van der Waals surface area contributed by atoms with Gasteiger partial charge in [-0.2, -0.15) is 0 Å². The molecule has 0 saturated carbocycles. The van der Waals surface area contributed by atoms with E-state index in [1.54, 1.807) is 6.20 Å². The Kier molecular flexibility index (Phi) is 5.63. The maximum Gasteiger partial charge on any atom is 0.219 e. The monoisotopic (exact) mass is 510 g/mol. The fourth-order valence-electron chi connectivity index (χ4n) is 5.10. The molecule has 7 rings (SSSR count). The van der Waals surface area contributed by atoms with Crippen molar-refractivity contribution in [3.63, 3.8) is 0 Å². The summed E-state index contributed by atoms with van der Waals surface area (Å²) in [5.74, 6) is 1.26. The highest BCUT2D eigenvalue weighted by Crippen LogP contribution is 2.44. The lowest BCUT2D eigenvalue weighted by molar-refractivity contribution is 0.463. The predicted molar refractivity (Wildman–Crippen MR) is 157 cm³/mol. The fraction of sp³-hybridized carbons (Fsp3) is 0.0606. The van der Waals surface area contributed by atoms with E-state index in [4.69, 9.17) is 9.15 Å². The first-order chi connectivity index (χ1) is 19.2. The van der Waals surface area contributed by atoms with Crippen molar-refractivity contribution in [2.75, 3.05) is 23.5 Å². The van der Waals surface area contributed by atoms with Crippen molar-refractivity contribution in [3.05, 3.63) is 128 Å². The maximum absolute atomic E-state index is 6.42. The Labute approximate surface area is 226 Å². The SMILES string of the molecule is CN1C=CN(c2cc(N(c3ccccc3)c3cccc(Oc4ccccn4)c3)cc3oc4ccccc4c23)C1. The second-order valence-electron chi connectivity index (χ2n) is 9.54. The Hall–Kier alpha value is -5.23. The maximum atomic E-state index is 6.42. The Morgan fingerprint density at radius 3 is 2.38 bits per heavy atom. The number of hydrogen-bond acceptors (Lipinski definition) is 6. The molecule has 6 nitrogen and oxygen atoms in total. The topological polar surface area (TPSA) is 45.0 Å². The van der Waals surface area contributed by atoms with Crippen LogP contribution in [0.15, 0.2) is 132 Å². The van der Waals surface area contributed by atoms with Gasteiger partial charge in [0, 0.05) is 60.6 Å². The lowest BCUT2D eigenvalue weighted by atomic mass is 10.1. The summed E-state index contributed by atoms with van der Waals surface area (Å²) in [5, 5.41) is 2.21. The second kappa shape index (κ2) is 9.58. The molecule has 0 aliphatic carbocycles. The number of fused-ring (bicyclic) bond motifs is 3. The molecule has 3 heterocycles. The minimum Gasteiger partial charge on any atom is -0.456 e. The molecule has 0 unspecified atom stereocenters. The summed E-state index contributed by atoms with van der Waals surface area (Å²) in [5.41, 5.74) is 5.79. The zero-order valence-corrected chi connectivity index (χ0v) is 21.4. The van der Waals surface area contributed by atoms with Crippen LogP contribution in [0.1, 0.15) is 0 Å². The number of ether oxygens (including phenoxy) is 1. The summed E-state index contributed by atoms with van der Waals surface area (Å²) >= 11 is 0. The normalized spacial score (nSPS) is 12.9. The molecule has 0 fully saturated rings. The quantitative estimate of drug-likeness (QED) is 0.224. The van der Waals surface area contributed by atoms with Crippen molar-refractivity contribution in [2.24, 2.45) is 0 Å². The van der Waals surface area contributed by atoms with Gasteiger partial charge in [-0.15, -0.1) is 0 Å². The zero-order chi connectivity index (χ0) is 26.2. The molecule has 0 radical (unpaired) electrons. The number of rotatable bonds is 6. The molecule has 4 aromatic carbocycles. The molecule has 6 aromatic rings. The molecule has 0 spiro atoms. The highest BCUT2D eigenvalue weighted by atomic mass is 16.5. The molecule has 2 aromatic heterocycles. The van der Waals surface area contributed by atoms with Gasteiger partial charge < -0.3 is 23.9 Å². The number of para-hydroxylation sites is 2. The summed E-state index contributed by atoms with van der Waals surface area (Å²) < 4.78 is 12.5. The molecular formula is C33H26N4O2. The first-order valence-electron chi connectivity index (χ1n) is 12.9. The number of anilines is 4. The van der Waals surface area contributed by atoms with Gasteiger partial charge in [0.2, 0.25) is 5.88 Å². The van der Waals surface area contributed by atoms with Crippen LogP contribution in [0.25, 0.3) is 21.9 Å². The van der Waals surface area contributed by atoms with Crippen LogP contribution in [0, 0.1) is 0 Å². The minimum atomic E-state index is 0.553. The third kappa shape index (κ3) is 4.32. The Morgan fingerprint density at radius 2 is 1.56 bits per heavy atom. The van der Waals surface area contributed by atoms with Crippen LogP contribution >= 0.6 is 0 Å². The molecule has 0 amide bonds. The number of hydrogen-bond donors (Lipinski definition) is 0. The predicted octanol–water partition coefficient (Wildman–Crippen LogP) is 8.42. The summed E-state index contributed by atoms with van der Waals surface area (Å²) in [6, 6.07) is 36.7. The smallest absolute Gasteiger partial charge is 0.219 e. The van der Waals surface area contributed by atoms with Gasteiger partial charge in [0.05, 0.1) is 23.4 Å². The zero-order valence-electron chi connectivity index (χ0n) is 21.4. The summed E-state index contributed by atoms with van der Waals surface area (Å²) in [4.78, 5) is 11.0. The number of nitrogens with zero attached hydrogens (tertiary/aromatic N) is 4. The molecule has 190 valence electrons. The average Bonchev–Trinajstić information content (AvgIpc) is 3.57. The van der Waals surface area contributed by atoms with E-state index in [9.17, 15) is 0 Å². The van der Waals surface area contributed by atoms with E-state index in [1.165, 1.54) is 0 Å². The van der Waals surface area contributed by atoms with E-state index in [0.29, 0.717) is 11.6 Å². The van der Waals surface area contributed by atoms with E-state index in [1.807, 2.05) is 54.6 Å². The molecule has 1 aliphatic rings. The highest BCUT2D eigenvalue weighted by Gasteiger charge is 2.22. The average molecular weight is 511 g/mol. The van der Waals surface area contributed by atoms with E-state index in [0.717, 1.165) is 51.4 Å². The fourth-order valence-corrected chi connectivity index (χ4v) is 5.10. The first-order valence-corrected chi connectivity index (χ1v) is 12.9. The van der Waals surface area contributed by atoms with Gasteiger partial charge in [0.25, 0.3) is 0 Å². The van der Waals surface area contributed by atoms with Crippen LogP contribution in [-0.4, -0.2) is 23.6 Å². The summed E-state index contributed by atoms with van der Waals surface area (Å²) in [6.45, 7) is 0.761. The largest absolute Gasteiger partial charge is 0.456 e. The molecule has 39 heavy (non-hydrogen) atoms. The molecule has 0 atom stereocenters. The van der Waals surface area contributed by atoms with Crippen molar-refractivity contribution < 1.29 is 9.15 Å². The van der Waals surface area contributed by atoms with Gasteiger partial charge in [-0.25, -0.2) is 4.98 Å². The third-order valence-electron chi connectivity index (χ3n) is 6.84.